The maximum Gasteiger partial charge on any atom is 0.409 e. The fraction of sp³-hybridized carbons (Fsp3) is 0.550. The zero-order valence-electron chi connectivity index (χ0n) is 15.9. The van der Waals surface area contributed by atoms with Crippen molar-refractivity contribution in [2.24, 2.45) is 0 Å². The number of carbonyl (C=O) groups excluding carboxylic acids is 3. The molecular weight excluding hydrogens is 360 g/mol. The number of piperazine rings is 1. The lowest BCUT2D eigenvalue weighted by molar-refractivity contribution is -0.135. The minimum Gasteiger partial charge on any atom is -0.448 e. The monoisotopic (exact) mass is 386 g/mol. The fourth-order valence-corrected chi connectivity index (χ4v) is 4.36. The molecule has 150 valence electrons. The van der Waals surface area contributed by atoms with Crippen LogP contribution in [0, 0.1) is 0 Å². The Morgan fingerprint density at radius 1 is 1.18 bits per heavy atom. The molecule has 0 spiro atoms. The first kappa shape index (κ1) is 18.7. The summed E-state index contributed by atoms with van der Waals surface area (Å²) >= 11 is 0. The molecule has 1 atom stereocenters. The average molecular weight is 386 g/mol. The normalized spacial score (nSPS) is 22.7. The molecular formula is C20H26N4O4. The summed E-state index contributed by atoms with van der Waals surface area (Å²) in [7, 11) is 0. The van der Waals surface area contributed by atoms with Crippen molar-refractivity contribution >= 4 is 17.9 Å². The van der Waals surface area contributed by atoms with Crippen LogP contribution in [-0.2, 0) is 27.2 Å². The standard InChI is InChI=1S/C20H26N4O4/c25-18(21-5-7-23-9-10-28-20(23)27)13-17-19(26)22-6-8-24(17)16-11-14-3-1-2-4-15(14)12-16/h1-4,16-17H,5-13H2,(H,21,25)(H,22,26). The molecule has 2 aliphatic heterocycles. The van der Waals surface area contributed by atoms with Gasteiger partial charge in [0.2, 0.25) is 11.8 Å². The smallest absolute Gasteiger partial charge is 0.409 e. The van der Waals surface area contributed by atoms with Gasteiger partial charge < -0.3 is 20.3 Å². The molecule has 1 unspecified atom stereocenters. The topological polar surface area (TPSA) is 91.0 Å². The van der Waals surface area contributed by atoms with Crippen molar-refractivity contribution in [1.29, 1.82) is 0 Å². The number of carbonyl (C=O) groups is 3. The van der Waals surface area contributed by atoms with Crippen LogP contribution in [-0.4, -0.2) is 79.1 Å². The lowest BCUT2D eigenvalue weighted by Gasteiger charge is -2.38. The van der Waals surface area contributed by atoms with Gasteiger partial charge in [0.25, 0.3) is 0 Å². The molecule has 4 rings (SSSR count). The van der Waals surface area contributed by atoms with Crippen molar-refractivity contribution in [1.82, 2.24) is 20.4 Å². The molecule has 0 bridgehead atoms. The van der Waals surface area contributed by atoms with Gasteiger partial charge in [-0.1, -0.05) is 24.3 Å². The molecule has 0 saturated carbocycles. The third-order valence-corrected chi connectivity index (χ3v) is 5.80. The first-order valence-electron chi connectivity index (χ1n) is 9.90. The molecule has 28 heavy (non-hydrogen) atoms. The van der Waals surface area contributed by atoms with Gasteiger partial charge in [-0.2, -0.15) is 0 Å². The molecule has 2 fully saturated rings. The summed E-state index contributed by atoms with van der Waals surface area (Å²) in [5.41, 5.74) is 2.67. The van der Waals surface area contributed by atoms with Crippen molar-refractivity contribution in [3.8, 4) is 0 Å². The van der Waals surface area contributed by atoms with Crippen molar-refractivity contribution in [2.75, 3.05) is 39.3 Å². The van der Waals surface area contributed by atoms with Crippen molar-refractivity contribution in [3.05, 3.63) is 35.4 Å². The molecule has 3 amide bonds. The summed E-state index contributed by atoms with van der Waals surface area (Å²) in [6.07, 6.45) is 1.62. The van der Waals surface area contributed by atoms with E-state index in [0.29, 0.717) is 32.8 Å². The van der Waals surface area contributed by atoms with Crippen LogP contribution >= 0.6 is 0 Å². The van der Waals surface area contributed by atoms with Gasteiger partial charge in [0.1, 0.15) is 6.61 Å². The molecule has 0 aromatic heterocycles. The van der Waals surface area contributed by atoms with Gasteiger partial charge in [-0.3, -0.25) is 14.5 Å². The minimum absolute atomic E-state index is 0.0829. The molecule has 1 aromatic rings. The van der Waals surface area contributed by atoms with Crippen LogP contribution in [0.3, 0.4) is 0 Å². The van der Waals surface area contributed by atoms with E-state index in [1.165, 1.54) is 11.1 Å². The molecule has 2 N–H and O–H groups in total. The van der Waals surface area contributed by atoms with Crippen molar-refractivity contribution in [2.45, 2.75) is 31.3 Å². The summed E-state index contributed by atoms with van der Waals surface area (Å²) < 4.78 is 4.87. The second-order valence-electron chi connectivity index (χ2n) is 7.53. The molecule has 0 radical (unpaired) electrons. The van der Waals surface area contributed by atoms with Crippen LogP contribution in [0.4, 0.5) is 4.79 Å². The number of rotatable bonds is 6. The van der Waals surface area contributed by atoms with Crippen LogP contribution in [0.5, 0.6) is 0 Å². The molecule has 3 aliphatic rings. The lowest BCUT2D eigenvalue weighted by Crippen LogP contribution is -2.59. The zero-order valence-corrected chi connectivity index (χ0v) is 15.9. The first-order valence-corrected chi connectivity index (χ1v) is 9.90. The lowest BCUT2D eigenvalue weighted by atomic mass is 10.0. The van der Waals surface area contributed by atoms with E-state index in [4.69, 9.17) is 4.74 Å². The number of cyclic esters (lactones) is 1. The second kappa shape index (κ2) is 8.18. The van der Waals surface area contributed by atoms with E-state index in [9.17, 15) is 14.4 Å². The van der Waals surface area contributed by atoms with E-state index in [1.54, 1.807) is 4.90 Å². The van der Waals surface area contributed by atoms with Gasteiger partial charge in [-0.05, 0) is 24.0 Å². The van der Waals surface area contributed by atoms with E-state index in [2.05, 4.69) is 27.7 Å². The highest BCUT2D eigenvalue weighted by Gasteiger charge is 2.38. The zero-order chi connectivity index (χ0) is 19.5. The van der Waals surface area contributed by atoms with Crippen LogP contribution in [0.2, 0.25) is 0 Å². The maximum atomic E-state index is 12.5. The highest BCUT2D eigenvalue weighted by molar-refractivity contribution is 5.88. The van der Waals surface area contributed by atoms with Gasteiger partial charge in [0.15, 0.2) is 0 Å². The Morgan fingerprint density at radius 3 is 2.61 bits per heavy atom. The van der Waals surface area contributed by atoms with Gasteiger partial charge in [0.05, 0.1) is 19.0 Å². The Hall–Kier alpha value is -2.61. The number of nitrogens with one attached hydrogen (secondary N) is 2. The van der Waals surface area contributed by atoms with E-state index >= 15 is 0 Å². The molecule has 2 saturated heterocycles. The number of ether oxygens (including phenoxy) is 1. The Kier molecular flexibility index (Phi) is 5.47. The SMILES string of the molecule is O=C(CC1C(=O)NCCN1C1Cc2ccccc2C1)NCCN1CCOC1=O. The van der Waals surface area contributed by atoms with Crippen LogP contribution < -0.4 is 10.6 Å². The number of fused-ring (bicyclic) bond motifs is 1. The summed E-state index contributed by atoms with van der Waals surface area (Å²) in [5, 5.41) is 5.72. The molecule has 2 heterocycles. The Labute approximate surface area is 164 Å². The first-order chi connectivity index (χ1) is 13.6. The molecule has 8 nitrogen and oxygen atoms in total. The summed E-state index contributed by atoms with van der Waals surface area (Å²) in [5.74, 6) is -0.254. The minimum atomic E-state index is -0.454. The highest BCUT2D eigenvalue weighted by Crippen LogP contribution is 2.28. The summed E-state index contributed by atoms with van der Waals surface area (Å²) in [4.78, 5) is 40.1. The Morgan fingerprint density at radius 2 is 1.93 bits per heavy atom. The van der Waals surface area contributed by atoms with E-state index in [1.807, 2.05) is 12.1 Å². The van der Waals surface area contributed by atoms with Crippen molar-refractivity contribution in [3.63, 3.8) is 0 Å². The number of amides is 3. The van der Waals surface area contributed by atoms with Gasteiger partial charge >= 0.3 is 6.09 Å². The van der Waals surface area contributed by atoms with E-state index in [0.717, 1.165) is 19.4 Å². The number of hydrogen-bond acceptors (Lipinski definition) is 5. The van der Waals surface area contributed by atoms with E-state index in [-0.39, 0.29) is 30.4 Å². The largest absolute Gasteiger partial charge is 0.448 e. The van der Waals surface area contributed by atoms with Crippen molar-refractivity contribution < 1.29 is 19.1 Å². The van der Waals surface area contributed by atoms with Gasteiger partial charge in [0, 0.05) is 32.2 Å². The molecule has 8 heteroatoms. The van der Waals surface area contributed by atoms with Gasteiger partial charge in [-0.15, -0.1) is 0 Å². The van der Waals surface area contributed by atoms with Crippen LogP contribution in [0.15, 0.2) is 24.3 Å². The van der Waals surface area contributed by atoms with E-state index < -0.39 is 6.04 Å². The van der Waals surface area contributed by atoms with Crippen LogP contribution in [0.1, 0.15) is 17.5 Å². The number of nitrogens with zero attached hydrogens (tertiary/aromatic N) is 2. The van der Waals surface area contributed by atoms with Crippen LogP contribution in [0.25, 0.3) is 0 Å². The Bertz CT molecular complexity index is 743. The fourth-order valence-electron chi connectivity index (χ4n) is 4.36. The third kappa shape index (κ3) is 3.96. The quantitative estimate of drug-likeness (QED) is 0.713. The Balaban J connectivity index is 1.32. The predicted octanol–water partition coefficient (Wildman–Crippen LogP) is -0.0873. The predicted molar refractivity (Wildman–Crippen MR) is 102 cm³/mol. The summed E-state index contributed by atoms with van der Waals surface area (Å²) in [6.45, 7) is 3.09. The highest BCUT2D eigenvalue weighted by atomic mass is 16.6. The maximum absolute atomic E-state index is 12.5. The number of hydrogen-bond donors (Lipinski definition) is 2. The number of benzene rings is 1. The second-order valence-corrected chi connectivity index (χ2v) is 7.53. The molecule has 1 aliphatic carbocycles. The van der Waals surface area contributed by atoms with Gasteiger partial charge in [-0.25, -0.2) is 4.79 Å². The summed E-state index contributed by atoms with van der Waals surface area (Å²) in [6, 6.07) is 8.18. The average Bonchev–Trinajstić information content (AvgIpc) is 3.29. The third-order valence-electron chi connectivity index (χ3n) is 5.80. The molecule has 1 aromatic carbocycles.